The highest BCUT2D eigenvalue weighted by atomic mass is 16.2. The number of rotatable bonds is 5. The van der Waals surface area contributed by atoms with Crippen LogP contribution in [0.25, 0.3) is 5.69 Å². The predicted octanol–water partition coefficient (Wildman–Crippen LogP) is 2.86. The summed E-state index contributed by atoms with van der Waals surface area (Å²) in [5.41, 5.74) is 3.63. The normalized spacial score (nSPS) is 10.3. The molecule has 6 nitrogen and oxygen atoms in total. The van der Waals surface area contributed by atoms with Gasteiger partial charge in [-0.25, -0.2) is 4.68 Å². The van der Waals surface area contributed by atoms with Crippen molar-refractivity contribution < 1.29 is 9.59 Å². The monoisotopic (exact) mass is 358 g/mol. The summed E-state index contributed by atoms with van der Waals surface area (Å²) in [5.74, 6) is -1.29. The molecule has 0 saturated heterocycles. The van der Waals surface area contributed by atoms with Crippen molar-refractivity contribution in [3.63, 3.8) is 0 Å². The lowest BCUT2D eigenvalue weighted by molar-refractivity contribution is -0.117. The van der Waals surface area contributed by atoms with E-state index in [0.29, 0.717) is 22.5 Å². The average molecular weight is 358 g/mol. The van der Waals surface area contributed by atoms with E-state index < -0.39 is 11.7 Å². The van der Waals surface area contributed by atoms with Crippen molar-refractivity contribution in [2.75, 3.05) is 0 Å². The van der Waals surface area contributed by atoms with Gasteiger partial charge in [0.2, 0.25) is 0 Å². The molecule has 1 aromatic heterocycles. The van der Waals surface area contributed by atoms with Crippen LogP contribution in [0.1, 0.15) is 32.9 Å². The molecule has 0 fully saturated rings. The van der Waals surface area contributed by atoms with Crippen molar-refractivity contribution in [3.8, 4) is 11.8 Å². The lowest BCUT2D eigenvalue weighted by atomic mass is 10.1. The summed E-state index contributed by atoms with van der Waals surface area (Å²) < 4.78 is 1.66. The lowest BCUT2D eigenvalue weighted by Gasteiger charge is -2.06. The van der Waals surface area contributed by atoms with Crippen LogP contribution < -0.4 is 5.32 Å². The van der Waals surface area contributed by atoms with Gasteiger partial charge < -0.3 is 5.32 Å². The Hall–Kier alpha value is -3.72. The molecule has 0 aliphatic rings. The second-order valence-corrected chi connectivity index (χ2v) is 6.11. The van der Waals surface area contributed by atoms with Crippen LogP contribution in [0.5, 0.6) is 0 Å². The number of nitriles is 1. The van der Waals surface area contributed by atoms with Gasteiger partial charge in [-0.1, -0.05) is 30.3 Å². The smallest absolute Gasteiger partial charge is 0.292 e. The van der Waals surface area contributed by atoms with Crippen molar-refractivity contribution in [1.29, 1.82) is 5.26 Å². The molecule has 27 heavy (non-hydrogen) atoms. The van der Waals surface area contributed by atoms with Crippen LogP contribution in [0.4, 0.5) is 0 Å². The van der Waals surface area contributed by atoms with E-state index in [0.717, 1.165) is 11.3 Å². The van der Waals surface area contributed by atoms with Crippen LogP contribution in [0, 0.1) is 25.2 Å². The van der Waals surface area contributed by atoms with E-state index in [1.54, 1.807) is 42.8 Å². The van der Waals surface area contributed by atoms with E-state index in [4.69, 9.17) is 5.26 Å². The second kappa shape index (κ2) is 7.67. The number of carbonyl (C=O) groups is 2. The molecule has 134 valence electrons. The van der Waals surface area contributed by atoms with E-state index >= 15 is 0 Å². The van der Waals surface area contributed by atoms with Gasteiger partial charge in [-0.3, -0.25) is 9.59 Å². The summed E-state index contributed by atoms with van der Waals surface area (Å²) in [4.78, 5) is 25.0. The maximum Gasteiger partial charge on any atom is 0.292 e. The topological polar surface area (TPSA) is 87.8 Å². The number of benzene rings is 2. The molecular formula is C21H18N4O2. The van der Waals surface area contributed by atoms with Gasteiger partial charge in [0.05, 0.1) is 34.3 Å². The number of hydrogen-bond donors (Lipinski definition) is 1. The Morgan fingerprint density at radius 2 is 1.74 bits per heavy atom. The number of para-hydroxylation sites is 1. The fourth-order valence-corrected chi connectivity index (χ4v) is 2.87. The number of Topliss-reactive ketones (excluding diaryl/α,β-unsaturated/α-hetero) is 1. The number of hydrogen-bond acceptors (Lipinski definition) is 4. The average Bonchev–Trinajstić information content (AvgIpc) is 3.00. The highest BCUT2D eigenvalue weighted by Gasteiger charge is 2.24. The fourth-order valence-electron chi connectivity index (χ4n) is 2.87. The summed E-state index contributed by atoms with van der Waals surface area (Å²) in [7, 11) is 0. The quantitative estimate of drug-likeness (QED) is 0.561. The molecule has 1 amide bonds. The molecule has 0 radical (unpaired) electrons. The maximum absolute atomic E-state index is 12.6. The van der Waals surface area contributed by atoms with Gasteiger partial charge in [0.1, 0.15) is 0 Å². The first-order valence-corrected chi connectivity index (χ1v) is 8.44. The van der Waals surface area contributed by atoms with Gasteiger partial charge >= 0.3 is 0 Å². The molecule has 0 bridgehead atoms. The van der Waals surface area contributed by atoms with Crippen LogP contribution in [0.2, 0.25) is 0 Å². The van der Waals surface area contributed by atoms with E-state index in [-0.39, 0.29) is 6.54 Å². The van der Waals surface area contributed by atoms with Crippen molar-refractivity contribution >= 4 is 11.7 Å². The number of aromatic nitrogens is 2. The van der Waals surface area contributed by atoms with Gasteiger partial charge in [-0.2, -0.15) is 10.4 Å². The number of nitrogens with zero attached hydrogens (tertiary/aromatic N) is 3. The first-order valence-electron chi connectivity index (χ1n) is 8.44. The molecule has 1 N–H and O–H groups in total. The summed E-state index contributed by atoms with van der Waals surface area (Å²) in [6.07, 6.45) is 0. The zero-order valence-electron chi connectivity index (χ0n) is 15.1. The minimum Gasteiger partial charge on any atom is -0.345 e. The zero-order chi connectivity index (χ0) is 19.4. The Morgan fingerprint density at radius 1 is 1.07 bits per heavy atom. The number of ketones is 1. The van der Waals surface area contributed by atoms with Crippen LogP contribution in [-0.2, 0) is 11.3 Å². The first kappa shape index (κ1) is 18.1. The van der Waals surface area contributed by atoms with Gasteiger partial charge in [0.15, 0.2) is 0 Å². The third-order valence-electron chi connectivity index (χ3n) is 4.26. The van der Waals surface area contributed by atoms with Crippen LogP contribution in [0.15, 0.2) is 54.6 Å². The molecule has 3 rings (SSSR count). The molecule has 2 aromatic carbocycles. The molecular weight excluding hydrogens is 340 g/mol. The molecule has 1 heterocycles. The third-order valence-corrected chi connectivity index (χ3v) is 4.26. The predicted molar refractivity (Wildman–Crippen MR) is 100 cm³/mol. The van der Waals surface area contributed by atoms with Gasteiger partial charge in [0, 0.05) is 6.54 Å². The van der Waals surface area contributed by atoms with Gasteiger partial charge in [-0.05, 0) is 43.7 Å². The molecule has 0 spiro atoms. The maximum atomic E-state index is 12.6. The SMILES string of the molecule is Cc1nn(-c2ccccc2)c(C)c1C(=O)C(=O)NCc1ccc(C#N)cc1. The standard InChI is InChI=1S/C21H18N4O2/c1-14-19(15(2)25(24-14)18-6-4-3-5-7-18)20(26)21(27)23-13-17-10-8-16(12-22)9-11-17/h3-11H,13H2,1-2H3,(H,23,27). The van der Waals surface area contributed by atoms with E-state index in [1.807, 2.05) is 36.4 Å². The van der Waals surface area contributed by atoms with E-state index in [1.165, 1.54) is 0 Å². The number of aryl methyl sites for hydroxylation is 1. The number of nitrogens with one attached hydrogen (secondary N) is 1. The molecule has 0 aliphatic heterocycles. The molecule has 0 aliphatic carbocycles. The molecule has 0 saturated carbocycles. The number of amides is 1. The highest BCUT2D eigenvalue weighted by molar-refractivity contribution is 6.43. The first-order chi connectivity index (χ1) is 13.0. The zero-order valence-corrected chi connectivity index (χ0v) is 15.1. The summed E-state index contributed by atoms with van der Waals surface area (Å²) in [5, 5.41) is 15.8. The minimum absolute atomic E-state index is 0.210. The van der Waals surface area contributed by atoms with Crippen molar-refractivity contribution in [3.05, 3.63) is 82.7 Å². The highest BCUT2D eigenvalue weighted by Crippen LogP contribution is 2.18. The van der Waals surface area contributed by atoms with Crippen LogP contribution in [-0.4, -0.2) is 21.5 Å². The Morgan fingerprint density at radius 3 is 2.37 bits per heavy atom. The van der Waals surface area contributed by atoms with Crippen molar-refractivity contribution in [2.45, 2.75) is 20.4 Å². The van der Waals surface area contributed by atoms with E-state index in [2.05, 4.69) is 10.4 Å². The largest absolute Gasteiger partial charge is 0.345 e. The molecule has 0 unspecified atom stereocenters. The third kappa shape index (κ3) is 3.77. The second-order valence-electron chi connectivity index (χ2n) is 6.11. The van der Waals surface area contributed by atoms with Crippen LogP contribution in [0.3, 0.4) is 0 Å². The summed E-state index contributed by atoms with van der Waals surface area (Å²) in [6, 6.07) is 18.3. The number of carbonyl (C=O) groups excluding carboxylic acids is 2. The summed E-state index contributed by atoms with van der Waals surface area (Å²) >= 11 is 0. The molecule has 3 aromatic rings. The van der Waals surface area contributed by atoms with Crippen molar-refractivity contribution in [1.82, 2.24) is 15.1 Å². The molecule has 0 atom stereocenters. The van der Waals surface area contributed by atoms with Gasteiger partial charge in [-0.15, -0.1) is 0 Å². The Balaban J connectivity index is 1.76. The Kier molecular flexibility index (Phi) is 5.13. The fraction of sp³-hybridized carbons (Fsp3) is 0.143. The lowest BCUT2D eigenvalue weighted by Crippen LogP contribution is -2.31. The van der Waals surface area contributed by atoms with Crippen molar-refractivity contribution in [2.24, 2.45) is 0 Å². The molecule has 6 heteroatoms. The summed E-state index contributed by atoms with van der Waals surface area (Å²) in [6.45, 7) is 3.70. The van der Waals surface area contributed by atoms with Crippen LogP contribution >= 0.6 is 0 Å². The Labute approximate surface area is 157 Å². The van der Waals surface area contributed by atoms with E-state index in [9.17, 15) is 9.59 Å². The van der Waals surface area contributed by atoms with Gasteiger partial charge in [0.25, 0.3) is 11.7 Å². The Bertz CT molecular complexity index is 1030. The minimum atomic E-state index is -0.682.